The van der Waals surface area contributed by atoms with Crippen LogP contribution in [0.15, 0.2) is 41.6 Å². The number of esters is 2. The van der Waals surface area contributed by atoms with E-state index < -0.39 is 29.8 Å². The minimum absolute atomic E-state index is 0.0346. The minimum Gasteiger partial charge on any atom is -0.481 e. The van der Waals surface area contributed by atoms with Crippen LogP contribution in [-0.2, 0) is 20.8 Å². The molecule has 1 unspecified atom stereocenters. The molecule has 0 aliphatic carbocycles. The molecular weight excluding hydrogens is 527 g/mol. The summed E-state index contributed by atoms with van der Waals surface area (Å²) in [7, 11) is 2.42. The molecule has 0 saturated heterocycles. The molecule has 3 rings (SSSR count). The second kappa shape index (κ2) is 12.5. The largest absolute Gasteiger partial charge is 0.481 e. The summed E-state index contributed by atoms with van der Waals surface area (Å²) in [5.41, 5.74) is 0.391. The van der Waals surface area contributed by atoms with Crippen LogP contribution in [0.25, 0.3) is 0 Å². The third-order valence-electron chi connectivity index (χ3n) is 5.01. The second-order valence-electron chi connectivity index (χ2n) is 7.54. The molecule has 0 aliphatic heterocycles. The van der Waals surface area contributed by atoms with Gasteiger partial charge in [0.15, 0.2) is 17.1 Å². The number of ether oxygens (including phenoxy) is 3. The average molecular weight is 551 g/mol. The Bertz CT molecular complexity index is 1280. The number of hydrogen-bond acceptors (Lipinski definition) is 9. The summed E-state index contributed by atoms with van der Waals surface area (Å²) in [6, 6.07) is 7.94. The zero-order chi connectivity index (χ0) is 27.1. The molecule has 0 fully saturated rings. The third-order valence-corrected chi connectivity index (χ3v) is 6.28. The molecule has 0 spiro atoms. The summed E-state index contributed by atoms with van der Waals surface area (Å²) in [5, 5.41) is 11.6. The summed E-state index contributed by atoms with van der Waals surface area (Å²) in [6.45, 7) is 4.15. The van der Waals surface area contributed by atoms with E-state index >= 15 is 0 Å². The zero-order valence-electron chi connectivity index (χ0n) is 20.4. The number of benzene rings is 2. The lowest BCUT2D eigenvalue weighted by Gasteiger charge is -2.16. The van der Waals surface area contributed by atoms with Crippen molar-refractivity contribution in [1.82, 2.24) is 14.8 Å². The zero-order valence-corrected chi connectivity index (χ0v) is 22.0. The van der Waals surface area contributed by atoms with Gasteiger partial charge in [-0.2, -0.15) is 0 Å². The summed E-state index contributed by atoms with van der Waals surface area (Å²) in [5.74, 6) is -1.45. The number of carbonyl (C=O) groups excluding carboxylic acids is 3. The van der Waals surface area contributed by atoms with Gasteiger partial charge < -0.3 is 24.1 Å². The van der Waals surface area contributed by atoms with Crippen molar-refractivity contribution in [2.45, 2.75) is 31.7 Å². The lowest BCUT2D eigenvalue weighted by Crippen LogP contribution is -2.17. The van der Waals surface area contributed by atoms with Gasteiger partial charge in [-0.1, -0.05) is 23.4 Å². The van der Waals surface area contributed by atoms with Gasteiger partial charge in [0.05, 0.1) is 36.1 Å². The van der Waals surface area contributed by atoms with Gasteiger partial charge >= 0.3 is 11.9 Å². The van der Waals surface area contributed by atoms with Gasteiger partial charge in [0.2, 0.25) is 5.91 Å². The SMILES string of the molecule is CCn1c(SCC(=O)Nc2cc(C(=O)OC)cc(C(=O)OC)c2)nnc1C(C)Oc1ccc(F)cc1Cl. The average Bonchev–Trinajstić information content (AvgIpc) is 3.31. The number of methoxy groups -OCH3 is 2. The van der Waals surface area contributed by atoms with Crippen LogP contribution in [0, 0.1) is 5.82 Å². The molecule has 0 aliphatic rings. The van der Waals surface area contributed by atoms with Gasteiger partial charge in [-0.15, -0.1) is 10.2 Å². The number of hydrogen-bond donors (Lipinski definition) is 1. The molecule has 1 atom stereocenters. The van der Waals surface area contributed by atoms with Crippen LogP contribution in [0.3, 0.4) is 0 Å². The first kappa shape index (κ1) is 27.9. The summed E-state index contributed by atoms with van der Waals surface area (Å²) < 4.78 is 30.4. The molecule has 2 aromatic carbocycles. The molecule has 1 amide bonds. The van der Waals surface area contributed by atoms with Crippen LogP contribution in [0.5, 0.6) is 5.75 Å². The van der Waals surface area contributed by atoms with Crippen LogP contribution in [-0.4, -0.2) is 52.6 Å². The van der Waals surface area contributed by atoms with Crippen molar-refractivity contribution in [2.75, 3.05) is 25.3 Å². The first-order valence-corrected chi connectivity index (χ1v) is 12.3. The summed E-state index contributed by atoms with van der Waals surface area (Å²) in [6.07, 6.45) is -0.559. The standard InChI is InChI=1S/C24H24ClFN4O6S/c1-5-30-21(13(2)36-19-7-6-16(26)11-18(19)25)28-29-24(30)37-12-20(31)27-17-9-14(22(32)34-3)8-15(10-17)23(33)35-4/h6-11,13H,5,12H2,1-4H3,(H,27,31). The number of halogens is 2. The Kier molecular flexibility index (Phi) is 9.48. The first-order valence-electron chi connectivity index (χ1n) is 11.0. The Labute approximate surface area is 221 Å². The molecule has 0 saturated carbocycles. The van der Waals surface area contributed by atoms with E-state index in [0.29, 0.717) is 23.3 Å². The molecule has 1 aromatic heterocycles. The predicted octanol–water partition coefficient (Wildman–Crippen LogP) is 4.53. The second-order valence-corrected chi connectivity index (χ2v) is 8.89. The van der Waals surface area contributed by atoms with Crippen LogP contribution < -0.4 is 10.1 Å². The number of thioether (sulfide) groups is 1. The highest BCUT2D eigenvalue weighted by Crippen LogP contribution is 2.30. The Morgan fingerprint density at radius 1 is 1.08 bits per heavy atom. The van der Waals surface area contributed by atoms with Crippen LogP contribution >= 0.6 is 23.4 Å². The van der Waals surface area contributed by atoms with Crippen molar-refractivity contribution >= 4 is 46.9 Å². The van der Waals surface area contributed by atoms with E-state index in [-0.39, 0.29) is 27.6 Å². The van der Waals surface area contributed by atoms with Gasteiger partial charge in [0.1, 0.15) is 11.6 Å². The molecule has 0 bridgehead atoms. The Balaban J connectivity index is 1.70. The van der Waals surface area contributed by atoms with E-state index in [4.69, 9.17) is 25.8 Å². The molecule has 37 heavy (non-hydrogen) atoms. The lowest BCUT2D eigenvalue weighted by atomic mass is 10.1. The van der Waals surface area contributed by atoms with Crippen molar-refractivity contribution in [3.63, 3.8) is 0 Å². The maximum Gasteiger partial charge on any atom is 0.337 e. The number of nitrogens with zero attached hydrogens (tertiary/aromatic N) is 3. The monoisotopic (exact) mass is 550 g/mol. The molecule has 3 aromatic rings. The molecule has 1 heterocycles. The van der Waals surface area contributed by atoms with E-state index in [0.717, 1.165) is 17.8 Å². The third kappa shape index (κ3) is 6.98. The Morgan fingerprint density at radius 3 is 2.30 bits per heavy atom. The Morgan fingerprint density at radius 2 is 1.73 bits per heavy atom. The fourth-order valence-corrected chi connectivity index (χ4v) is 4.34. The van der Waals surface area contributed by atoms with Crippen molar-refractivity contribution < 1.29 is 33.0 Å². The highest BCUT2D eigenvalue weighted by Gasteiger charge is 2.21. The number of nitrogens with one attached hydrogen (secondary N) is 1. The quantitative estimate of drug-likeness (QED) is 0.286. The molecule has 10 nitrogen and oxygen atoms in total. The Hall–Kier alpha value is -3.64. The topological polar surface area (TPSA) is 122 Å². The van der Waals surface area contributed by atoms with Gasteiger partial charge in [0, 0.05) is 12.2 Å². The van der Waals surface area contributed by atoms with E-state index in [1.807, 2.05) is 6.92 Å². The number of amides is 1. The number of anilines is 1. The maximum atomic E-state index is 13.3. The molecule has 13 heteroatoms. The predicted molar refractivity (Wildman–Crippen MR) is 135 cm³/mol. The molecular formula is C24H24ClFN4O6S. The van der Waals surface area contributed by atoms with Crippen molar-refractivity contribution in [1.29, 1.82) is 0 Å². The minimum atomic E-state index is -0.669. The van der Waals surface area contributed by atoms with Gasteiger partial charge in [-0.25, -0.2) is 14.0 Å². The van der Waals surface area contributed by atoms with Crippen molar-refractivity contribution in [2.24, 2.45) is 0 Å². The molecule has 196 valence electrons. The molecule has 1 N–H and O–H groups in total. The summed E-state index contributed by atoms with van der Waals surface area (Å²) >= 11 is 7.20. The lowest BCUT2D eigenvalue weighted by molar-refractivity contribution is -0.113. The highest BCUT2D eigenvalue weighted by molar-refractivity contribution is 7.99. The number of aromatic nitrogens is 3. The highest BCUT2D eigenvalue weighted by atomic mass is 35.5. The normalized spacial score (nSPS) is 11.5. The first-order chi connectivity index (χ1) is 17.7. The number of carbonyl (C=O) groups is 3. The number of rotatable bonds is 10. The molecule has 0 radical (unpaired) electrons. The fraction of sp³-hybridized carbons (Fsp3) is 0.292. The van der Waals surface area contributed by atoms with Crippen LogP contribution in [0.4, 0.5) is 10.1 Å². The van der Waals surface area contributed by atoms with Crippen LogP contribution in [0.1, 0.15) is 46.5 Å². The smallest absolute Gasteiger partial charge is 0.337 e. The van der Waals surface area contributed by atoms with E-state index in [1.54, 1.807) is 11.5 Å². The van der Waals surface area contributed by atoms with Gasteiger partial charge in [0.25, 0.3) is 0 Å². The van der Waals surface area contributed by atoms with E-state index in [1.165, 1.54) is 44.6 Å². The fourth-order valence-electron chi connectivity index (χ4n) is 3.32. The van der Waals surface area contributed by atoms with Gasteiger partial charge in [-0.05, 0) is 50.2 Å². The summed E-state index contributed by atoms with van der Waals surface area (Å²) in [4.78, 5) is 36.6. The maximum absolute atomic E-state index is 13.3. The van der Waals surface area contributed by atoms with Crippen molar-refractivity contribution in [3.05, 3.63) is 64.2 Å². The van der Waals surface area contributed by atoms with Gasteiger partial charge in [-0.3, -0.25) is 4.79 Å². The van der Waals surface area contributed by atoms with E-state index in [9.17, 15) is 18.8 Å². The van der Waals surface area contributed by atoms with Crippen LogP contribution in [0.2, 0.25) is 5.02 Å². The van der Waals surface area contributed by atoms with Crippen molar-refractivity contribution in [3.8, 4) is 5.75 Å². The van der Waals surface area contributed by atoms with E-state index in [2.05, 4.69) is 15.5 Å².